The number of carbonyl (C=O) groups is 1. The number of nitrogens with zero attached hydrogens (tertiary/aromatic N) is 5. The molecule has 4 heterocycles. The van der Waals surface area contributed by atoms with Crippen LogP contribution in [0.2, 0.25) is 0 Å². The van der Waals surface area contributed by atoms with Gasteiger partial charge in [0.15, 0.2) is 0 Å². The molecule has 1 fully saturated rings. The molecule has 1 aliphatic heterocycles. The van der Waals surface area contributed by atoms with Crippen LogP contribution in [0.25, 0.3) is 16.7 Å². The Kier molecular flexibility index (Phi) is 5.66. The van der Waals surface area contributed by atoms with Crippen molar-refractivity contribution in [3.8, 4) is 0 Å². The maximum absolute atomic E-state index is 13.4. The van der Waals surface area contributed by atoms with Crippen LogP contribution < -0.4 is 11.0 Å². The molecule has 3 aromatic heterocycles. The lowest BCUT2D eigenvalue weighted by molar-refractivity contribution is 0.0640. The third-order valence-corrected chi connectivity index (χ3v) is 6.02. The van der Waals surface area contributed by atoms with E-state index in [1.165, 1.54) is 4.40 Å². The van der Waals surface area contributed by atoms with E-state index in [9.17, 15) is 9.59 Å². The maximum atomic E-state index is 13.4. The molecule has 8 heteroatoms. The van der Waals surface area contributed by atoms with E-state index in [2.05, 4.69) is 25.7 Å². The molecular formula is C23H30N6O2. The van der Waals surface area contributed by atoms with Crippen molar-refractivity contribution in [2.45, 2.75) is 34.2 Å². The highest BCUT2D eigenvalue weighted by atomic mass is 16.2. The van der Waals surface area contributed by atoms with Crippen LogP contribution in [0.4, 0.5) is 0 Å². The highest BCUT2D eigenvalue weighted by Crippen LogP contribution is 2.15. The van der Waals surface area contributed by atoms with Gasteiger partial charge in [0.05, 0.1) is 10.9 Å². The summed E-state index contributed by atoms with van der Waals surface area (Å²) in [5.41, 5.74) is 2.10. The van der Waals surface area contributed by atoms with Crippen molar-refractivity contribution < 1.29 is 4.79 Å². The number of fused-ring (bicyclic) bond motifs is 2. The Labute approximate surface area is 181 Å². The van der Waals surface area contributed by atoms with Crippen LogP contribution in [0.15, 0.2) is 29.2 Å². The number of carbonyl (C=O) groups excluding carboxylic acids is 1. The predicted molar refractivity (Wildman–Crippen MR) is 120 cm³/mol. The molecule has 3 aromatic rings. The van der Waals surface area contributed by atoms with E-state index in [-0.39, 0.29) is 28.4 Å². The van der Waals surface area contributed by atoms with Crippen LogP contribution in [0.5, 0.6) is 0 Å². The van der Waals surface area contributed by atoms with Gasteiger partial charge in [0, 0.05) is 38.9 Å². The van der Waals surface area contributed by atoms with E-state index >= 15 is 0 Å². The largest absolute Gasteiger partial charge is 0.336 e. The van der Waals surface area contributed by atoms with E-state index < -0.39 is 0 Å². The highest BCUT2D eigenvalue weighted by molar-refractivity contribution is 5.97. The number of amides is 1. The van der Waals surface area contributed by atoms with E-state index in [0.29, 0.717) is 36.3 Å². The smallest absolute Gasteiger partial charge is 0.267 e. The summed E-state index contributed by atoms with van der Waals surface area (Å²) in [4.78, 5) is 35.6. The number of rotatable bonds is 4. The molecule has 1 amide bonds. The van der Waals surface area contributed by atoms with Gasteiger partial charge in [-0.05, 0) is 37.1 Å². The molecule has 0 unspecified atom stereocenters. The van der Waals surface area contributed by atoms with Gasteiger partial charge in [-0.3, -0.25) is 19.4 Å². The molecule has 8 nitrogen and oxygen atoms in total. The normalized spacial score (nSPS) is 15.3. The van der Waals surface area contributed by atoms with Crippen LogP contribution in [-0.4, -0.2) is 62.4 Å². The Morgan fingerprint density at radius 3 is 2.55 bits per heavy atom. The lowest BCUT2D eigenvalue weighted by Gasteiger charge is -2.34. The van der Waals surface area contributed by atoms with Crippen LogP contribution in [0.1, 0.15) is 36.7 Å². The summed E-state index contributed by atoms with van der Waals surface area (Å²) in [6.45, 7) is 12.5. The van der Waals surface area contributed by atoms with Crippen LogP contribution in [0, 0.1) is 18.3 Å². The molecule has 31 heavy (non-hydrogen) atoms. The number of aryl methyl sites for hydroxylation is 1. The molecule has 1 saturated heterocycles. The quantitative estimate of drug-likeness (QED) is 0.651. The third-order valence-electron chi connectivity index (χ3n) is 6.02. The van der Waals surface area contributed by atoms with Gasteiger partial charge < -0.3 is 14.4 Å². The van der Waals surface area contributed by atoms with Gasteiger partial charge in [-0.25, -0.2) is 4.98 Å². The molecule has 0 spiro atoms. The molecular weight excluding hydrogens is 392 g/mol. The number of likely N-dealkylation sites (N-methyl/N-ethyl adjacent to an activating group) is 1. The Morgan fingerprint density at radius 2 is 1.90 bits per heavy atom. The van der Waals surface area contributed by atoms with Gasteiger partial charge in [-0.15, -0.1) is 0 Å². The highest BCUT2D eigenvalue weighted by Gasteiger charge is 2.25. The summed E-state index contributed by atoms with van der Waals surface area (Å²) in [6.07, 6.45) is 1.70. The predicted octanol–water partition coefficient (Wildman–Crippen LogP) is 1.87. The van der Waals surface area contributed by atoms with Crippen molar-refractivity contribution in [1.29, 1.82) is 5.41 Å². The molecule has 0 aromatic carbocycles. The Balaban J connectivity index is 1.93. The zero-order chi connectivity index (χ0) is 22.3. The summed E-state index contributed by atoms with van der Waals surface area (Å²) in [5.74, 6) is 0.0433. The molecule has 0 aliphatic carbocycles. The zero-order valence-electron chi connectivity index (χ0n) is 18.7. The van der Waals surface area contributed by atoms with Crippen molar-refractivity contribution in [2.24, 2.45) is 5.92 Å². The standard InChI is InChI=1S/C23H30N6O2/c1-5-26-9-11-27(12-10-26)22(30)17-13-18-21(29(19(17)24)14-15(2)3)25-20-16(4)7-6-8-28(20)23(18)31/h6-8,13,15,24H,5,9-12,14H2,1-4H3. The van der Waals surface area contributed by atoms with Gasteiger partial charge in [0.25, 0.3) is 11.5 Å². The Morgan fingerprint density at radius 1 is 1.19 bits per heavy atom. The molecule has 1 aliphatic rings. The van der Waals surface area contributed by atoms with E-state index in [1.54, 1.807) is 21.7 Å². The van der Waals surface area contributed by atoms with Crippen LogP contribution >= 0.6 is 0 Å². The number of nitrogens with one attached hydrogen (secondary N) is 1. The van der Waals surface area contributed by atoms with Crippen molar-refractivity contribution >= 4 is 22.6 Å². The number of aromatic nitrogens is 3. The SMILES string of the molecule is CCN1CCN(C(=O)c2cc3c(=O)n4cccc(C)c4nc3n(CC(C)C)c2=N)CC1. The number of piperazine rings is 1. The lowest BCUT2D eigenvalue weighted by Crippen LogP contribution is -2.49. The van der Waals surface area contributed by atoms with E-state index in [4.69, 9.17) is 10.4 Å². The zero-order valence-corrected chi connectivity index (χ0v) is 18.7. The monoisotopic (exact) mass is 422 g/mol. The van der Waals surface area contributed by atoms with Crippen molar-refractivity contribution in [1.82, 2.24) is 23.8 Å². The second kappa shape index (κ2) is 8.26. The minimum absolute atomic E-state index is 0.119. The average Bonchev–Trinajstić information content (AvgIpc) is 2.76. The fraction of sp³-hybridized carbons (Fsp3) is 0.478. The summed E-state index contributed by atoms with van der Waals surface area (Å²) in [6, 6.07) is 5.31. The summed E-state index contributed by atoms with van der Waals surface area (Å²) in [5, 5.41) is 9.21. The number of hydrogen-bond acceptors (Lipinski definition) is 5. The van der Waals surface area contributed by atoms with Crippen LogP contribution in [0.3, 0.4) is 0 Å². The molecule has 0 radical (unpaired) electrons. The minimum Gasteiger partial charge on any atom is -0.336 e. The first kappa shape index (κ1) is 21.2. The topological polar surface area (TPSA) is 86.7 Å². The van der Waals surface area contributed by atoms with Crippen molar-refractivity contribution in [3.05, 3.63) is 51.4 Å². The van der Waals surface area contributed by atoms with Crippen molar-refractivity contribution in [2.75, 3.05) is 32.7 Å². The summed E-state index contributed by atoms with van der Waals surface area (Å²) in [7, 11) is 0. The van der Waals surface area contributed by atoms with Gasteiger partial charge in [-0.1, -0.05) is 26.8 Å². The van der Waals surface area contributed by atoms with E-state index in [0.717, 1.165) is 25.2 Å². The van der Waals surface area contributed by atoms with Crippen molar-refractivity contribution in [3.63, 3.8) is 0 Å². The minimum atomic E-state index is -0.217. The fourth-order valence-corrected chi connectivity index (χ4v) is 4.24. The van der Waals surface area contributed by atoms with E-state index in [1.807, 2.05) is 19.1 Å². The third kappa shape index (κ3) is 3.76. The van der Waals surface area contributed by atoms with Crippen LogP contribution in [-0.2, 0) is 6.54 Å². The number of hydrogen-bond donors (Lipinski definition) is 1. The number of pyridine rings is 2. The van der Waals surface area contributed by atoms with Gasteiger partial charge in [0.1, 0.15) is 16.8 Å². The molecule has 1 N–H and O–H groups in total. The molecule has 164 valence electrons. The first-order chi connectivity index (χ1) is 14.8. The summed E-state index contributed by atoms with van der Waals surface area (Å²) >= 11 is 0. The fourth-order valence-electron chi connectivity index (χ4n) is 4.24. The molecule has 4 rings (SSSR count). The first-order valence-electron chi connectivity index (χ1n) is 10.9. The molecule has 0 atom stereocenters. The maximum Gasteiger partial charge on any atom is 0.267 e. The Bertz CT molecular complexity index is 1270. The Hall–Kier alpha value is -3.00. The molecule has 0 bridgehead atoms. The van der Waals surface area contributed by atoms with Gasteiger partial charge >= 0.3 is 0 Å². The lowest BCUT2D eigenvalue weighted by atomic mass is 10.1. The second-order valence-electron chi connectivity index (χ2n) is 8.68. The molecule has 0 saturated carbocycles. The van der Waals surface area contributed by atoms with Gasteiger partial charge in [-0.2, -0.15) is 0 Å². The summed E-state index contributed by atoms with van der Waals surface area (Å²) < 4.78 is 3.25. The average molecular weight is 423 g/mol. The second-order valence-corrected chi connectivity index (χ2v) is 8.68. The van der Waals surface area contributed by atoms with Gasteiger partial charge in [0.2, 0.25) is 0 Å². The first-order valence-corrected chi connectivity index (χ1v) is 10.9.